The third-order valence-corrected chi connectivity index (χ3v) is 4.62. The topological polar surface area (TPSA) is 64.4 Å². The van der Waals surface area contributed by atoms with Crippen molar-refractivity contribution in [1.29, 1.82) is 0 Å². The maximum absolute atomic E-state index is 12.4. The van der Waals surface area contributed by atoms with Crippen molar-refractivity contribution in [1.82, 2.24) is 0 Å². The smallest absolute Gasteiger partial charge is 0.406 e. The van der Waals surface area contributed by atoms with E-state index >= 15 is 0 Å². The van der Waals surface area contributed by atoms with E-state index < -0.39 is 6.36 Å². The predicted molar refractivity (Wildman–Crippen MR) is 74.1 cm³/mol. The summed E-state index contributed by atoms with van der Waals surface area (Å²) in [5.41, 5.74) is 6.38. The summed E-state index contributed by atoms with van der Waals surface area (Å²) in [6.45, 7) is 0. The molecule has 3 rings (SSSR count). The number of halogens is 3. The molecule has 4 nitrogen and oxygen atoms in total. The van der Waals surface area contributed by atoms with Crippen molar-refractivity contribution in [2.75, 3.05) is 5.32 Å². The number of carbonyl (C=O) groups excluding carboxylic acids is 1. The number of benzene rings is 1. The van der Waals surface area contributed by atoms with Crippen LogP contribution in [0.2, 0.25) is 0 Å². The summed E-state index contributed by atoms with van der Waals surface area (Å²) in [7, 11) is 0. The molecule has 3 N–H and O–H groups in total. The van der Waals surface area contributed by atoms with Gasteiger partial charge in [0.2, 0.25) is 5.91 Å². The van der Waals surface area contributed by atoms with Crippen LogP contribution in [0.4, 0.5) is 18.9 Å². The van der Waals surface area contributed by atoms with E-state index in [1.165, 1.54) is 18.2 Å². The number of hydrogen-bond donors (Lipinski definition) is 2. The van der Waals surface area contributed by atoms with Crippen molar-refractivity contribution >= 4 is 11.6 Å². The van der Waals surface area contributed by atoms with Gasteiger partial charge in [-0.1, -0.05) is 6.07 Å². The van der Waals surface area contributed by atoms with Gasteiger partial charge in [-0.2, -0.15) is 0 Å². The number of nitrogens with two attached hydrogens (primary N) is 1. The zero-order chi connectivity index (χ0) is 15.9. The monoisotopic (exact) mass is 314 g/mol. The molecule has 1 amide bonds. The maximum atomic E-state index is 12.4. The van der Waals surface area contributed by atoms with E-state index in [0.717, 1.165) is 25.3 Å². The number of amides is 1. The van der Waals surface area contributed by atoms with Gasteiger partial charge < -0.3 is 15.8 Å². The van der Waals surface area contributed by atoms with Gasteiger partial charge >= 0.3 is 6.36 Å². The minimum atomic E-state index is -4.75. The van der Waals surface area contributed by atoms with Gasteiger partial charge in [0.15, 0.2) is 0 Å². The summed E-state index contributed by atoms with van der Waals surface area (Å²) in [4.78, 5) is 12.4. The lowest BCUT2D eigenvalue weighted by Gasteiger charge is -2.27. The second-order valence-electron chi connectivity index (χ2n) is 6.00. The average molecular weight is 314 g/mol. The zero-order valence-electron chi connectivity index (χ0n) is 11.8. The molecule has 7 heteroatoms. The number of rotatable bonds is 3. The lowest BCUT2D eigenvalue weighted by molar-refractivity contribution is -0.274. The Morgan fingerprint density at radius 2 is 2.00 bits per heavy atom. The maximum Gasteiger partial charge on any atom is 0.573 e. The van der Waals surface area contributed by atoms with E-state index in [2.05, 4.69) is 10.1 Å². The van der Waals surface area contributed by atoms with Crippen LogP contribution in [0.1, 0.15) is 19.3 Å². The van der Waals surface area contributed by atoms with Gasteiger partial charge in [0, 0.05) is 17.8 Å². The van der Waals surface area contributed by atoms with Crippen LogP contribution in [-0.4, -0.2) is 18.3 Å². The van der Waals surface area contributed by atoms with Gasteiger partial charge in [-0.25, -0.2) is 0 Å². The van der Waals surface area contributed by atoms with Crippen LogP contribution in [0.3, 0.4) is 0 Å². The Labute approximate surface area is 125 Å². The van der Waals surface area contributed by atoms with E-state index in [9.17, 15) is 18.0 Å². The van der Waals surface area contributed by atoms with E-state index in [0.29, 0.717) is 5.92 Å². The summed E-state index contributed by atoms with van der Waals surface area (Å²) in [6, 6.07) is 5.11. The first-order chi connectivity index (χ1) is 10.3. The van der Waals surface area contributed by atoms with Crippen LogP contribution in [0.5, 0.6) is 5.75 Å². The molecule has 0 aliphatic heterocycles. The van der Waals surface area contributed by atoms with Gasteiger partial charge in [-0.3, -0.25) is 4.79 Å². The first-order valence-electron chi connectivity index (χ1n) is 7.26. The number of anilines is 1. The fourth-order valence-electron chi connectivity index (χ4n) is 3.72. The summed E-state index contributed by atoms with van der Waals surface area (Å²) in [5, 5.41) is 2.66. The molecule has 0 aromatic heterocycles. The molecule has 2 bridgehead atoms. The summed E-state index contributed by atoms with van der Waals surface area (Å²) in [5.74, 6) is -0.160. The molecule has 2 fully saturated rings. The zero-order valence-corrected chi connectivity index (χ0v) is 11.8. The lowest BCUT2D eigenvalue weighted by atomic mass is 9.84. The van der Waals surface area contributed by atoms with E-state index in [-0.39, 0.29) is 35.2 Å². The van der Waals surface area contributed by atoms with Crippen molar-refractivity contribution < 1.29 is 22.7 Å². The van der Waals surface area contributed by atoms with Crippen molar-refractivity contribution in [3.8, 4) is 5.75 Å². The SMILES string of the molecule is NC1C2CCC(C2)C1C(=O)Nc1cccc(OC(F)(F)F)c1. The highest BCUT2D eigenvalue weighted by Crippen LogP contribution is 2.47. The first-order valence-corrected chi connectivity index (χ1v) is 7.26. The van der Waals surface area contributed by atoms with Crippen LogP contribution in [0, 0.1) is 17.8 Å². The Morgan fingerprint density at radius 3 is 2.64 bits per heavy atom. The number of fused-ring (bicyclic) bond motifs is 2. The molecule has 1 aromatic rings. The molecule has 0 radical (unpaired) electrons. The number of nitrogens with one attached hydrogen (secondary N) is 1. The fourth-order valence-corrected chi connectivity index (χ4v) is 3.72. The molecule has 0 spiro atoms. The Bertz CT molecular complexity index is 574. The minimum absolute atomic E-state index is 0.159. The molecular formula is C15H17F3N2O2. The second-order valence-corrected chi connectivity index (χ2v) is 6.00. The van der Waals surface area contributed by atoms with Crippen LogP contribution >= 0.6 is 0 Å². The normalized spacial score (nSPS) is 30.4. The molecule has 2 saturated carbocycles. The van der Waals surface area contributed by atoms with Gasteiger partial charge in [-0.05, 0) is 43.2 Å². The van der Waals surface area contributed by atoms with Crippen LogP contribution in [-0.2, 0) is 4.79 Å². The first kappa shape index (κ1) is 15.1. The minimum Gasteiger partial charge on any atom is -0.406 e. The van der Waals surface area contributed by atoms with Gasteiger partial charge in [0.05, 0.1) is 5.92 Å². The lowest BCUT2D eigenvalue weighted by Crippen LogP contribution is -2.42. The molecule has 2 aliphatic carbocycles. The predicted octanol–water partition coefficient (Wildman–Crippen LogP) is 2.90. The van der Waals surface area contributed by atoms with E-state index in [1.807, 2.05) is 0 Å². The van der Waals surface area contributed by atoms with Gasteiger partial charge in [0.1, 0.15) is 5.75 Å². The second kappa shape index (κ2) is 5.46. The van der Waals surface area contributed by atoms with Crippen molar-refractivity contribution in [3.63, 3.8) is 0 Å². The average Bonchev–Trinajstić information content (AvgIpc) is 2.97. The van der Waals surface area contributed by atoms with Crippen molar-refractivity contribution in [2.24, 2.45) is 23.5 Å². The molecule has 120 valence electrons. The third kappa shape index (κ3) is 3.04. The summed E-state index contributed by atoms with van der Waals surface area (Å²) < 4.78 is 40.5. The Balaban J connectivity index is 1.68. The van der Waals surface area contributed by atoms with Crippen LogP contribution in [0.15, 0.2) is 24.3 Å². The molecule has 1 aromatic carbocycles. The summed E-state index contributed by atoms with van der Waals surface area (Å²) in [6.07, 6.45) is -1.73. The Morgan fingerprint density at radius 1 is 1.27 bits per heavy atom. The van der Waals surface area contributed by atoms with Gasteiger partial charge in [0.25, 0.3) is 0 Å². The highest BCUT2D eigenvalue weighted by atomic mass is 19.4. The van der Waals surface area contributed by atoms with Gasteiger partial charge in [-0.15, -0.1) is 13.2 Å². The number of ether oxygens (including phenoxy) is 1. The molecule has 0 saturated heterocycles. The Hall–Kier alpha value is -1.76. The third-order valence-electron chi connectivity index (χ3n) is 4.62. The largest absolute Gasteiger partial charge is 0.573 e. The number of carbonyl (C=O) groups is 1. The molecule has 0 heterocycles. The highest BCUT2D eigenvalue weighted by Gasteiger charge is 2.49. The molecule has 4 unspecified atom stereocenters. The fraction of sp³-hybridized carbons (Fsp3) is 0.533. The van der Waals surface area contributed by atoms with Crippen LogP contribution in [0.25, 0.3) is 0 Å². The molecule has 2 aliphatic rings. The standard InChI is InChI=1S/C15H17F3N2O2/c16-15(17,18)22-11-3-1-2-10(7-11)20-14(21)12-8-4-5-9(6-8)13(12)19/h1-3,7-9,12-13H,4-6,19H2,(H,20,21). The van der Waals surface area contributed by atoms with Crippen molar-refractivity contribution in [2.45, 2.75) is 31.7 Å². The number of alkyl halides is 3. The summed E-state index contributed by atoms with van der Waals surface area (Å²) >= 11 is 0. The molecule has 22 heavy (non-hydrogen) atoms. The molecule has 4 atom stereocenters. The highest BCUT2D eigenvalue weighted by molar-refractivity contribution is 5.93. The van der Waals surface area contributed by atoms with Crippen LogP contribution < -0.4 is 15.8 Å². The van der Waals surface area contributed by atoms with Crippen molar-refractivity contribution in [3.05, 3.63) is 24.3 Å². The Kier molecular flexibility index (Phi) is 3.76. The van der Waals surface area contributed by atoms with E-state index in [4.69, 9.17) is 5.73 Å². The number of hydrogen-bond acceptors (Lipinski definition) is 3. The molecular weight excluding hydrogens is 297 g/mol. The quantitative estimate of drug-likeness (QED) is 0.901. The van der Waals surface area contributed by atoms with E-state index in [1.54, 1.807) is 0 Å².